The maximum atomic E-state index is 12.1. The molecular weight excluding hydrogens is 362 g/mol. The highest BCUT2D eigenvalue weighted by atomic mass is 79.9. The van der Waals surface area contributed by atoms with Crippen LogP contribution in [0, 0.1) is 5.92 Å². The van der Waals surface area contributed by atoms with Crippen LogP contribution < -0.4 is 4.74 Å². The molecule has 2 rings (SSSR count). The van der Waals surface area contributed by atoms with Crippen LogP contribution in [0.15, 0.2) is 28.7 Å². The normalized spacial score (nSPS) is 17.7. The smallest absolute Gasteiger partial charge is 0.310 e. The first-order chi connectivity index (χ1) is 11.1. The second-order valence-corrected chi connectivity index (χ2v) is 6.42. The number of carbonyl (C=O) groups excluding carboxylic acids is 2. The van der Waals surface area contributed by atoms with E-state index in [-0.39, 0.29) is 24.4 Å². The largest absolute Gasteiger partial charge is 0.490 e. The number of nitrogens with zero attached hydrogens (tertiary/aromatic N) is 1. The van der Waals surface area contributed by atoms with Gasteiger partial charge in [-0.25, -0.2) is 0 Å². The molecular formula is C17H22BrNO4. The standard InChI is InChI=1S/C17H22BrNO4/c1-2-16(20)19-9-3-4-13(12-19)17(21)23-11-10-22-15-7-5-14(18)6-8-15/h5-8,13H,2-4,9-12H2,1H3. The molecule has 0 radical (unpaired) electrons. The van der Waals surface area contributed by atoms with Gasteiger partial charge in [0.15, 0.2) is 0 Å². The lowest BCUT2D eigenvalue weighted by molar-refractivity contribution is -0.152. The average molecular weight is 384 g/mol. The zero-order valence-corrected chi connectivity index (χ0v) is 14.9. The number of hydrogen-bond acceptors (Lipinski definition) is 4. The lowest BCUT2D eigenvalue weighted by Crippen LogP contribution is -2.42. The van der Waals surface area contributed by atoms with Crippen molar-refractivity contribution in [1.29, 1.82) is 0 Å². The summed E-state index contributed by atoms with van der Waals surface area (Å²) in [6.45, 7) is 3.58. The van der Waals surface area contributed by atoms with Gasteiger partial charge in [0.2, 0.25) is 5.91 Å². The van der Waals surface area contributed by atoms with Crippen LogP contribution >= 0.6 is 15.9 Å². The molecule has 1 aliphatic rings. The topological polar surface area (TPSA) is 55.8 Å². The van der Waals surface area contributed by atoms with Crippen LogP contribution in [0.2, 0.25) is 0 Å². The minimum absolute atomic E-state index is 0.0982. The molecule has 0 spiro atoms. The molecule has 5 nitrogen and oxygen atoms in total. The Morgan fingerprint density at radius 3 is 2.70 bits per heavy atom. The maximum Gasteiger partial charge on any atom is 0.310 e. The molecule has 23 heavy (non-hydrogen) atoms. The van der Waals surface area contributed by atoms with Gasteiger partial charge in [0, 0.05) is 24.0 Å². The summed E-state index contributed by atoms with van der Waals surface area (Å²) < 4.78 is 11.8. The summed E-state index contributed by atoms with van der Waals surface area (Å²) in [5.74, 6) is 0.382. The molecule has 1 aromatic rings. The molecule has 1 aliphatic heterocycles. The number of esters is 1. The molecule has 1 saturated heterocycles. The fraction of sp³-hybridized carbons (Fsp3) is 0.529. The minimum Gasteiger partial charge on any atom is -0.490 e. The molecule has 0 saturated carbocycles. The molecule has 126 valence electrons. The van der Waals surface area contributed by atoms with E-state index in [4.69, 9.17) is 9.47 Å². The summed E-state index contributed by atoms with van der Waals surface area (Å²) in [4.78, 5) is 25.6. The number of piperidine rings is 1. The summed E-state index contributed by atoms with van der Waals surface area (Å²) in [5.41, 5.74) is 0. The third-order valence-corrected chi connectivity index (χ3v) is 4.35. The summed E-state index contributed by atoms with van der Waals surface area (Å²) in [6, 6.07) is 7.48. The van der Waals surface area contributed by atoms with Gasteiger partial charge in [-0.2, -0.15) is 0 Å². The minimum atomic E-state index is -0.238. The number of halogens is 1. The molecule has 0 bridgehead atoms. The molecule has 0 N–H and O–H groups in total. The first kappa shape index (κ1) is 17.8. The van der Waals surface area contributed by atoms with E-state index in [0.717, 1.165) is 29.6 Å². The molecule has 0 aromatic heterocycles. The van der Waals surface area contributed by atoms with Gasteiger partial charge in [0.1, 0.15) is 19.0 Å². The van der Waals surface area contributed by atoms with Crippen molar-refractivity contribution >= 4 is 27.8 Å². The summed E-state index contributed by atoms with van der Waals surface area (Å²) in [5, 5.41) is 0. The summed E-state index contributed by atoms with van der Waals surface area (Å²) in [6.07, 6.45) is 2.10. The van der Waals surface area contributed by atoms with Crippen LogP contribution in [-0.4, -0.2) is 43.1 Å². The molecule has 1 atom stereocenters. The number of rotatable bonds is 6. The van der Waals surface area contributed by atoms with Crippen molar-refractivity contribution < 1.29 is 19.1 Å². The van der Waals surface area contributed by atoms with Gasteiger partial charge in [0.25, 0.3) is 0 Å². The van der Waals surface area contributed by atoms with Crippen LogP contribution in [0.5, 0.6) is 5.75 Å². The number of likely N-dealkylation sites (tertiary alicyclic amines) is 1. The van der Waals surface area contributed by atoms with Gasteiger partial charge in [-0.1, -0.05) is 22.9 Å². The Morgan fingerprint density at radius 2 is 2.00 bits per heavy atom. The van der Waals surface area contributed by atoms with Crippen molar-refractivity contribution in [2.45, 2.75) is 26.2 Å². The molecule has 0 aliphatic carbocycles. The van der Waals surface area contributed by atoms with Crippen molar-refractivity contribution in [1.82, 2.24) is 4.90 Å². The van der Waals surface area contributed by atoms with Crippen molar-refractivity contribution in [3.05, 3.63) is 28.7 Å². The SMILES string of the molecule is CCC(=O)N1CCCC(C(=O)OCCOc2ccc(Br)cc2)C1. The van der Waals surface area contributed by atoms with E-state index in [9.17, 15) is 9.59 Å². The fourth-order valence-electron chi connectivity index (χ4n) is 2.57. The Balaban J connectivity index is 1.70. The first-order valence-electron chi connectivity index (χ1n) is 7.93. The zero-order valence-electron chi connectivity index (χ0n) is 13.3. The van der Waals surface area contributed by atoms with Crippen LogP contribution in [0.25, 0.3) is 0 Å². The Bertz CT molecular complexity index is 532. The van der Waals surface area contributed by atoms with E-state index in [1.165, 1.54) is 0 Å². The highest BCUT2D eigenvalue weighted by Gasteiger charge is 2.28. The van der Waals surface area contributed by atoms with Crippen molar-refractivity contribution in [2.24, 2.45) is 5.92 Å². The van der Waals surface area contributed by atoms with Gasteiger partial charge < -0.3 is 14.4 Å². The summed E-state index contributed by atoms with van der Waals surface area (Å²) >= 11 is 3.36. The third kappa shape index (κ3) is 5.53. The van der Waals surface area contributed by atoms with E-state index < -0.39 is 0 Å². The number of ether oxygens (including phenoxy) is 2. The van der Waals surface area contributed by atoms with Crippen molar-refractivity contribution in [3.63, 3.8) is 0 Å². The summed E-state index contributed by atoms with van der Waals surface area (Å²) in [7, 11) is 0. The van der Waals surface area contributed by atoms with Gasteiger partial charge in [0.05, 0.1) is 5.92 Å². The number of amides is 1. The molecule has 1 fully saturated rings. The molecule has 1 amide bonds. The van der Waals surface area contributed by atoms with Crippen LogP contribution in [0.3, 0.4) is 0 Å². The average Bonchev–Trinajstić information content (AvgIpc) is 2.59. The maximum absolute atomic E-state index is 12.1. The second-order valence-electron chi connectivity index (χ2n) is 5.50. The molecule has 1 heterocycles. The predicted octanol–water partition coefficient (Wildman–Crippen LogP) is 3.02. The van der Waals surface area contributed by atoms with Crippen LogP contribution in [-0.2, 0) is 14.3 Å². The van der Waals surface area contributed by atoms with Crippen LogP contribution in [0.1, 0.15) is 26.2 Å². The van der Waals surface area contributed by atoms with Crippen molar-refractivity contribution in [2.75, 3.05) is 26.3 Å². The Kier molecular flexibility index (Phi) is 6.89. The van der Waals surface area contributed by atoms with E-state index in [1.807, 2.05) is 31.2 Å². The quantitative estimate of drug-likeness (QED) is 0.559. The number of benzene rings is 1. The van der Waals surface area contributed by atoms with Gasteiger partial charge in [-0.05, 0) is 37.1 Å². The lowest BCUT2D eigenvalue weighted by atomic mass is 9.98. The Hall–Kier alpha value is -1.56. The lowest BCUT2D eigenvalue weighted by Gasteiger charge is -2.31. The van der Waals surface area contributed by atoms with E-state index >= 15 is 0 Å². The van der Waals surface area contributed by atoms with E-state index in [0.29, 0.717) is 19.6 Å². The van der Waals surface area contributed by atoms with Crippen LogP contribution in [0.4, 0.5) is 0 Å². The molecule has 6 heteroatoms. The second kappa shape index (κ2) is 8.91. The van der Waals surface area contributed by atoms with E-state index in [2.05, 4.69) is 15.9 Å². The zero-order chi connectivity index (χ0) is 16.7. The predicted molar refractivity (Wildman–Crippen MR) is 90.2 cm³/mol. The number of carbonyl (C=O) groups is 2. The van der Waals surface area contributed by atoms with E-state index in [1.54, 1.807) is 4.90 Å². The highest BCUT2D eigenvalue weighted by Crippen LogP contribution is 2.19. The van der Waals surface area contributed by atoms with Gasteiger partial charge in [-0.3, -0.25) is 9.59 Å². The first-order valence-corrected chi connectivity index (χ1v) is 8.72. The third-order valence-electron chi connectivity index (χ3n) is 3.82. The fourth-order valence-corrected chi connectivity index (χ4v) is 2.83. The van der Waals surface area contributed by atoms with Gasteiger partial charge in [-0.15, -0.1) is 0 Å². The molecule has 1 unspecified atom stereocenters. The van der Waals surface area contributed by atoms with Crippen molar-refractivity contribution in [3.8, 4) is 5.75 Å². The highest BCUT2D eigenvalue weighted by molar-refractivity contribution is 9.10. The molecule has 1 aromatic carbocycles. The number of hydrogen-bond donors (Lipinski definition) is 0. The van der Waals surface area contributed by atoms with Gasteiger partial charge >= 0.3 is 5.97 Å². The Morgan fingerprint density at radius 1 is 1.26 bits per heavy atom. The Labute approximate surface area is 145 Å². The monoisotopic (exact) mass is 383 g/mol.